The van der Waals surface area contributed by atoms with Crippen molar-refractivity contribution in [3.05, 3.63) is 29.3 Å². The van der Waals surface area contributed by atoms with E-state index in [-0.39, 0.29) is 12.8 Å². The van der Waals surface area contributed by atoms with Gasteiger partial charge in [0, 0.05) is 19.6 Å². The summed E-state index contributed by atoms with van der Waals surface area (Å²) < 4.78 is 0. The molecule has 14 heteroatoms. The van der Waals surface area contributed by atoms with Crippen LogP contribution in [0, 0.1) is 0 Å². The Labute approximate surface area is 212 Å². The maximum Gasteiger partial charge on any atom is 0.332 e. The van der Waals surface area contributed by atoms with Crippen LogP contribution in [-0.4, -0.2) is 71.1 Å². The first-order valence-corrected chi connectivity index (χ1v) is 11.6. The first-order valence-electron chi connectivity index (χ1n) is 11.6. The topological polar surface area (TPSA) is 212 Å². The number of carbonyl (C=O) groups excluding carboxylic acids is 5. The normalized spacial score (nSPS) is 19.8. The molecule has 4 atom stereocenters. The highest BCUT2D eigenvalue weighted by molar-refractivity contribution is 6.08. The van der Waals surface area contributed by atoms with Crippen molar-refractivity contribution in [1.82, 2.24) is 21.4 Å². The summed E-state index contributed by atoms with van der Waals surface area (Å²) in [4.78, 5) is 74.3. The molecule has 0 fully saturated rings. The van der Waals surface area contributed by atoms with Crippen molar-refractivity contribution in [2.75, 3.05) is 4.90 Å². The van der Waals surface area contributed by atoms with E-state index in [1.165, 1.54) is 18.7 Å². The summed E-state index contributed by atoms with van der Waals surface area (Å²) in [6.45, 7) is 2.77. The highest BCUT2D eigenvalue weighted by Gasteiger charge is 2.44. The Bertz CT molecular complexity index is 1150. The van der Waals surface area contributed by atoms with Crippen LogP contribution in [0.4, 0.5) is 10.5 Å². The number of primary amides is 1. The highest BCUT2D eigenvalue weighted by atomic mass is 16.4. The zero-order valence-electron chi connectivity index (χ0n) is 20.3. The minimum absolute atomic E-state index is 0.181. The molecule has 2 aliphatic rings. The molecule has 2 aliphatic heterocycles. The van der Waals surface area contributed by atoms with Crippen molar-refractivity contribution in [2.24, 2.45) is 10.8 Å². The Morgan fingerprint density at radius 1 is 1.22 bits per heavy atom. The molecule has 0 bridgehead atoms. The van der Waals surface area contributed by atoms with Crippen LogP contribution in [-0.2, 0) is 36.8 Å². The van der Waals surface area contributed by atoms with E-state index < -0.39 is 66.2 Å². The van der Waals surface area contributed by atoms with Gasteiger partial charge in [0.15, 0.2) is 0 Å². The number of nitrogens with zero attached hydrogens (tertiary/aromatic N) is 2. The second kappa shape index (κ2) is 11.5. The molecule has 0 saturated carbocycles. The molecule has 14 nitrogen and oxygen atoms in total. The Morgan fingerprint density at radius 3 is 2.57 bits per heavy atom. The Morgan fingerprint density at radius 2 is 1.92 bits per heavy atom. The van der Waals surface area contributed by atoms with E-state index in [2.05, 4.69) is 21.1 Å². The third-order valence-corrected chi connectivity index (χ3v) is 5.99. The fraction of sp³-hybridized carbons (Fsp3) is 0.435. The lowest BCUT2D eigenvalue weighted by molar-refractivity contribution is -0.137. The Kier molecular flexibility index (Phi) is 8.42. The molecule has 0 unspecified atom stereocenters. The van der Waals surface area contributed by atoms with Gasteiger partial charge in [0.2, 0.25) is 23.6 Å². The van der Waals surface area contributed by atoms with E-state index in [9.17, 15) is 33.9 Å². The zero-order valence-corrected chi connectivity index (χ0v) is 20.3. The summed E-state index contributed by atoms with van der Waals surface area (Å²) >= 11 is 0. The Balaban J connectivity index is 1.85. The van der Waals surface area contributed by atoms with Gasteiger partial charge in [0.25, 0.3) is 0 Å². The van der Waals surface area contributed by atoms with E-state index in [4.69, 9.17) is 5.73 Å². The van der Waals surface area contributed by atoms with Crippen molar-refractivity contribution < 1.29 is 33.9 Å². The van der Waals surface area contributed by atoms with Crippen LogP contribution in [0.3, 0.4) is 0 Å². The van der Waals surface area contributed by atoms with E-state index in [1.807, 2.05) is 17.6 Å². The maximum atomic E-state index is 13.6. The highest BCUT2D eigenvalue weighted by Crippen LogP contribution is 2.39. The average molecular weight is 516 g/mol. The van der Waals surface area contributed by atoms with Crippen LogP contribution in [0.5, 0.6) is 0 Å². The fourth-order valence-electron chi connectivity index (χ4n) is 4.44. The second-order valence-electron chi connectivity index (χ2n) is 8.84. The Hall–Kier alpha value is -4.49. The second-order valence-corrected chi connectivity index (χ2v) is 8.84. The third kappa shape index (κ3) is 6.59. The summed E-state index contributed by atoms with van der Waals surface area (Å²) in [5.41, 5.74) is 9.08. The summed E-state index contributed by atoms with van der Waals surface area (Å²) in [6, 6.07) is 0.577. The number of para-hydroxylation sites is 1. The van der Waals surface area contributed by atoms with Crippen molar-refractivity contribution in [3.63, 3.8) is 0 Å². The van der Waals surface area contributed by atoms with Gasteiger partial charge in [-0.05, 0) is 30.9 Å². The number of hydrogen-bond donors (Lipinski definition) is 6. The van der Waals surface area contributed by atoms with Crippen molar-refractivity contribution in [3.8, 4) is 0 Å². The molecule has 37 heavy (non-hydrogen) atoms. The minimum atomic E-state index is -1.23. The monoisotopic (exact) mass is 515 g/mol. The summed E-state index contributed by atoms with van der Waals surface area (Å²) in [5.74, 6) is -3.29. The number of benzene rings is 1. The number of anilines is 1. The molecule has 198 valence electrons. The van der Waals surface area contributed by atoms with Gasteiger partial charge in [-0.1, -0.05) is 18.2 Å². The average Bonchev–Trinajstić information content (AvgIpc) is 3.14. The third-order valence-electron chi connectivity index (χ3n) is 5.99. The van der Waals surface area contributed by atoms with E-state index >= 15 is 0 Å². The first-order chi connectivity index (χ1) is 17.5. The van der Waals surface area contributed by atoms with Crippen molar-refractivity contribution >= 4 is 47.5 Å². The van der Waals surface area contributed by atoms with Gasteiger partial charge in [-0.25, -0.2) is 10.2 Å². The van der Waals surface area contributed by atoms with Crippen LogP contribution in [0.25, 0.3) is 0 Å². The van der Waals surface area contributed by atoms with Crippen LogP contribution >= 0.6 is 0 Å². The number of aliphatic carboxylic acids is 1. The number of urea groups is 1. The molecule has 0 spiro atoms. The van der Waals surface area contributed by atoms with Gasteiger partial charge in [0.1, 0.15) is 18.1 Å². The number of nitrogens with two attached hydrogens (primary N) is 1. The molecule has 0 aliphatic carbocycles. The van der Waals surface area contributed by atoms with Crippen LogP contribution in [0.2, 0.25) is 0 Å². The lowest BCUT2D eigenvalue weighted by Crippen LogP contribution is -2.57. The number of carboxylic acid groups (broad SMARTS) is 1. The lowest BCUT2D eigenvalue weighted by atomic mass is 10.0. The molecule has 0 aromatic heterocycles. The van der Waals surface area contributed by atoms with E-state index in [0.29, 0.717) is 12.1 Å². The van der Waals surface area contributed by atoms with Crippen LogP contribution in [0.15, 0.2) is 23.3 Å². The fourth-order valence-corrected chi connectivity index (χ4v) is 4.44. The zero-order chi connectivity index (χ0) is 27.3. The molecule has 6 amide bonds. The largest absolute Gasteiger partial charge is 0.481 e. The number of aryl methyl sites for hydroxylation is 1. The molecule has 1 aromatic carbocycles. The molecular formula is C23H29N7O7. The summed E-state index contributed by atoms with van der Waals surface area (Å²) in [7, 11) is 0. The predicted molar refractivity (Wildman–Crippen MR) is 130 cm³/mol. The molecular weight excluding hydrogens is 486 g/mol. The van der Waals surface area contributed by atoms with Crippen LogP contribution < -0.4 is 32.0 Å². The SMILES string of the molecule is CC(=O)N[C@@H](C)C(=O)N[C@H]1CCc2cccc3c2N(C1=O)[C@H](C(=O)N[C@H](/C=N/NC(N)=O)CC(=O)O)C3. The molecule has 3 rings (SSSR count). The van der Waals surface area contributed by atoms with Crippen molar-refractivity contribution in [2.45, 2.75) is 63.7 Å². The number of nitrogens with one attached hydrogen (secondary N) is 4. The number of carbonyl (C=O) groups is 6. The van der Waals surface area contributed by atoms with Gasteiger partial charge in [-0.3, -0.25) is 28.9 Å². The van der Waals surface area contributed by atoms with Gasteiger partial charge in [-0.2, -0.15) is 5.10 Å². The number of rotatable bonds is 9. The smallest absolute Gasteiger partial charge is 0.332 e. The van der Waals surface area contributed by atoms with Crippen LogP contribution in [0.1, 0.15) is 37.8 Å². The van der Waals surface area contributed by atoms with Gasteiger partial charge in [-0.15, -0.1) is 0 Å². The summed E-state index contributed by atoms with van der Waals surface area (Å²) in [6.07, 6.45) is 1.42. The predicted octanol–water partition coefficient (Wildman–Crippen LogP) is -1.49. The molecule has 2 heterocycles. The number of hydrazone groups is 1. The van der Waals surface area contributed by atoms with E-state index in [0.717, 1.165) is 17.3 Å². The van der Waals surface area contributed by atoms with Gasteiger partial charge >= 0.3 is 12.0 Å². The lowest BCUT2D eigenvalue weighted by Gasteiger charge is -2.29. The molecule has 0 saturated heterocycles. The maximum absolute atomic E-state index is 13.6. The number of amides is 6. The summed E-state index contributed by atoms with van der Waals surface area (Å²) in [5, 5.41) is 20.4. The number of carboxylic acids is 1. The van der Waals surface area contributed by atoms with Gasteiger partial charge < -0.3 is 26.8 Å². The molecule has 0 radical (unpaired) electrons. The van der Waals surface area contributed by atoms with Crippen molar-refractivity contribution in [1.29, 1.82) is 0 Å². The standard InChI is InChI=1S/C23H29N7O7/c1-11(26-12(2)31)20(34)28-16-7-6-13-4-3-5-14-8-17(30(19(13)14)22(16)36)21(35)27-15(9-18(32)33)10-25-29-23(24)37/h3-5,10-11,15-17H,6-9H2,1-2H3,(H,26,31)(H,27,35)(H,28,34)(H,32,33)(H3,24,29,37)/b25-10+/t11-,15-,16-,17-/m0/s1. The van der Waals surface area contributed by atoms with Gasteiger partial charge in [0.05, 0.1) is 18.2 Å². The quantitative estimate of drug-likeness (QED) is 0.169. The molecule has 1 aromatic rings. The number of hydrogen-bond acceptors (Lipinski definition) is 7. The minimum Gasteiger partial charge on any atom is -0.481 e. The first kappa shape index (κ1) is 27.1. The molecule has 7 N–H and O–H groups in total. The van der Waals surface area contributed by atoms with E-state index in [1.54, 1.807) is 6.07 Å².